The van der Waals surface area contributed by atoms with Crippen LogP contribution >= 0.6 is 11.3 Å². The van der Waals surface area contributed by atoms with Gasteiger partial charge in [0, 0.05) is 0 Å². The number of hydrogen-bond donors (Lipinski definition) is 0. The molecule has 0 saturated carbocycles. The van der Waals surface area contributed by atoms with Gasteiger partial charge in [-0.05, 0) is 86.9 Å². The van der Waals surface area contributed by atoms with E-state index in [4.69, 9.17) is 14.2 Å². The molecule has 2 heterocycles. The Labute approximate surface area is 246 Å². The molecule has 0 amide bonds. The van der Waals surface area contributed by atoms with Crippen LogP contribution in [0, 0.1) is 5.82 Å². The Hall–Kier alpha value is -4.50. The Kier molecular flexibility index (Phi) is 8.68. The van der Waals surface area contributed by atoms with E-state index >= 15 is 0 Å². The smallest absolute Gasteiger partial charge is 0.338 e. The fourth-order valence-electron chi connectivity index (χ4n) is 4.65. The zero-order valence-corrected chi connectivity index (χ0v) is 24.6. The van der Waals surface area contributed by atoms with Gasteiger partial charge in [0.2, 0.25) is 0 Å². The van der Waals surface area contributed by atoms with Gasteiger partial charge in [0.05, 0.1) is 34.6 Å². The van der Waals surface area contributed by atoms with Crippen molar-refractivity contribution in [2.75, 3.05) is 6.61 Å². The summed E-state index contributed by atoms with van der Waals surface area (Å²) in [6.07, 6.45) is 1.47. The SMILES string of the molecule is CCOc1ccc([C@H]2C(C(=O)OC(C)C)=C(C)N=c3s/c(=C/c4ccc(OCc5ccc(F)cc5)cc4)c(=O)n32)cc1. The maximum absolute atomic E-state index is 13.8. The summed E-state index contributed by atoms with van der Waals surface area (Å²) in [5.41, 5.74) is 3.00. The van der Waals surface area contributed by atoms with Crippen LogP contribution in [0.3, 0.4) is 0 Å². The number of carbonyl (C=O) groups is 1. The predicted octanol–water partition coefficient (Wildman–Crippen LogP) is 5.30. The van der Waals surface area contributed by atoms with E-state index in [-0.39, 0.29) is 17.5 Å². The van der Waals surface area contributed by atoms with Gasteiger partial charge < -0.3 is 14.2 Å². The van der Waals surface area contributed by atoms with Crippen molar-refractivity contribution in [2.24, 2.45) is 4.99 Å². The van der Waals surface area contributed by atoms with Crippen LogP contribution in [0.5, 0.6) is 11.5 Å². The fraction of sp³-hybridized carbons (Fsp3) is 0.242. The number of allylic oxidation sites excluding steroid dienone is 1. The first-order valence-corrected chi connectivity index (χ1v) is 14.5. The van der Waals surface area contributed by atoms with E-state index in [0.717, 1.165) is 16.7 Å². The molecule has 216 valence electrons. The third kappa shape index (κ3) is 6.36. The summed E-state index contributed by atoms with van der Waals surface area (Å²) in [4.78, 5) is 32.3. The van der Waals surface area contributed by atoms with Gasteiger partial charge in [-0.15, -0.1) is 0 Å². The van der Waals surface area contributed by atoms with Crippen molar-refractivity contribution in [3.63, 3.8) is 0 Å². The maximum atomic E-state index is 13.8. The highest BCUT2D eigenvalue weighted by atomic mass is 32.1. The van der Waals surface area contributed by atoms with E-state index < -0.39 is 12.0 Å². The number of halogens is 1. The quantitative estimate of drug-likeness (QED) is 0.249. The van der Waals surface area contributed by atoms with Crippen LogP contribution in [0.15, 0.2) is 93.9 Å². The number of rotatable bonds is 9. The topological polar surface area (TPSA) is 79.1 Å². The molecule has 0 aliphatic carbocycles. The molecule has 0 N–H and O–H groups in total. The van der Waals surface area contributed by atoms with E-state index in [9.17, 15) is 14.0 Å². The Bertz CT molecular complexity index is 1790. The van der Waals surface area contributed by atoms with Crippen molar-refractivity contribution in [1.29, 1.82) is 0 Å². The largest absolute Gasteiger partial charge is 0.494 e. The number of esters is 1. The lowest BCUT2D eigenvalue weighted by Crippen LogP contribution is -2.40. The van der Waals surface area contributed by atoms with Gasteiger partial charge >= 0.3 is 5.97 Å². The average molecular weight is 587 g/mol. The highest BCUT2D eigenvalue weighted by Gasteiger charge is 2.33. The Morgan fingerprint density at radius 2 is 1.64 bits per heavy atom. The molecular formula is C33H31FN2O5S. The molecule has 7 nitrogen and oxygen atoms in total. The molecule has 5 rings (SSSR count). The van der Waals surface area contributed by atoms with Crippen LogP contribution in [-0.4, -0.2) is 23.2 Å². The number of nitrogens with zero attached hydrogens (tertiary/aromatic N) is 2. The third-order valence-corrected chi connectivity index (χ3v) is 7.57. The van der Waals surface area contributed by atoms with Crippen molar-refractivity contribution in [3.8, 4) is 11.5 Å². The first-order chi connectivity index (χ1) is 20.2. The second kappa shape index (κ2) is 12.6. The molecule has 0 radical (unpaired) electrons. The molecule has 0 spiro atoms. The second-order valence-electron chi connectivity index (χ2n) is 10.0. The molecule has 1 aliphatic rings. The number of ether oxygens (including phenoxy) is 3. The van der Waals surface area contributed by atoms with Crippen LogP contribution in [0.2, 0.25) is 0 Å². The molecule has 0 unspecified atom stereocenters. The lowest BCUT2D eigenvalue weighted by molar-refractivity contribution is -0.143. The number of benzene rings is 3. The monoisotopic (exact) mass is 586 g/mol. The normalized spacial score (nSPS) is 14.9. The number of thiazole rings is 1. The van der Waals surface area contributed by atoms with Crippen molar-refractivity contribution in [2.45, 2.75) is 46.4 Å². The first kappa shape index (κ1) is 29.0. The lowest BCUT2D eigenvalue weighted by atomic mass is 9.96. The van der Waals surface area contributed by atoms with Gasteiger partial charge in [-0.1, -0.05) is 47.7 Å². The van der Waals surface area contributed by atoms with Crippen LogP contribution in [0.1, 0.15) is 50.4 Å². The molecule has 1 aromatic heterocycles. The zero-order chi connectivity index (χ0) is 29.8. The summed E-state index contributed by atoms with van der Waals surface area (Å²) in [6.45, 7) is 8.08. The summed E-state index contributed by atoms with van der Waals surface area (Å²) in [5.74, 6) is 0.555. The summed E-state index contributed by atoms with van der Waals surface area (Å²) in [6, 6.07) is 20.2. The molecule has 9 heteroatoms. The Morgan fingerprint density at radius 3 is 2.29 bits per heavy atom. The predicted molar refractivity (Wildman–Crippen MR) is 160 cm³/mol. The highest BCUT2D eigenvalue weighted by Crippen LogP contribution is 2.32. The van der Waals surface area contributed by atoms with Crippen molar-refractivity contribution in [1.82, 2.24) is 4.57 Å². The van der Waals surface area contributed by atoms with Crippen LogP contribution < -0.4 is 24.4 Å². The van der Waals surface area contributed by atoms with E-state index in [1.807, 2.05) is 55.5 Å². The van der Waals surface area contributed by atoms with Gasteiger partial charge in [0.25, 0.3) is 5.56 Å². The molecule has 4 aromatic rings. The minimum Gasteiger partial charge on any atom is -0.494 e. The molecule has 0 fully saturated rings. The van der Waals surface area contributed by atoms with Crippen molar-refractivity contribution < 1.29 is 23.4 Å². The average Bonchev–Trinajstić information content (AvgIpc) is 3.27. The minimum absolute atomic E-state index is 0.253. The number of fused-ring (bicyclic) bond motifs is 1. The zero-order valence-electron chi connectivity index (χ0n) is 23.8. The molecule has 0 saturated heterocycles. The third-order valence-electron chi connectivity index (χ3n) is 6.59. The maximum Gasteiger partial charge on any atom is 0.338 e. The molecule has 3 aromatic carbocycles. The van der Waals surface area contributed by atoms with Crippen LogP contribution in [0.25, 0.3) is 6.08 Å². The highest BCUT2D eigenvalue weighted by molar-refractivity contribution is 7.07. The van der Waals surface area contributed by atoms with Gasteiger partial charge in [-0.25, -0.2) is 14.2 Å². The number of carbonyl (C=O) groups excluding carboxylic acids is 1. The van der Waals surface area contributed by atoms with E-state index in [1.54, 1.807) is 43.5 Å². The van der Waals surface area contributed by atoms with E-state index in [1.165, 1.54) is 23.5 Å². The lowest BCUT2D eigenvalue weighted by Gasteiger charge is -2.25. The minimum atomic E-state index is -0.701. The van der Waals surface area contributed by atoms with Crippen LogP contribution in [0.4, 0.5) is 4.39 Å². The number of hydrogen-bond acceptors (Lipinski definition) is 7. The van der Waals surface area contributed by atoms with E-state index in [2.05, 4.69) is 4.99 Å². The molecule has 1 atom stereocenters. The molecular weight excluding hydrogens is 555 g/mol. The van der Waals surface area contributed by atoms with Crippen molar-refractivity contribution in [3.05, 3.63) is 126 Å². The van der Waals surface area contributed by atoms with Crippen LogP contribution in [-0.2, 0) is 16.1 Å². The second-order valence-corrected chi connectivity index (χ2v) is 11.0. The van der Waals surface area contributed by atoms with E-state index in [0.29, 0.717) is 45.3 Å². The first-order valence-electron chi connectivity index (χ1n) is 13.7. The summed E-state index contributed by atoms with van der Waals surface area (Å²) in [5, 5.41) is 0. The standard InChI is InChI=1S/C33H31FN2O5S/c1-5-39-26-16-10-24(11-17-26)30-29(32(38)41-20(2)3)21(4)35-33-36(30)31(37)28(42-33)18-22-8-14-27(15-9-22)40-19-23-6-12-25(34)13-7-23/h6-18,20,30H,5,19H2,1-4H3/b28-18+/t30-/m0/s1. The molecule has 1 aliphatic heterocycles. The molecule has 0 bridgehead atoms. The summed E-state index contributed by atoms with van der Waals surface area (Å²) < 4.78 is 32.2. The van der Waals surface area contributed by atoms with Gasteiger partial charge in [0.15, 0.2) is 4.80 Å². The molecule has 42 heavy (non-hydrogen) atoms. The van der Waals surface area contributed by atoms with Gasteiger partial charge in [-0.2, -0.15) is 0 Å². The van der Waals surface area contributed by atoms with Crippen molar-refractivity contribution >= 4 is 23.4 Å². The summed E-state index contributed by atoms with van der Waals surface area (Å²) >= 11 is 1.27. The number of aromatic nitrogens is 1. The fourth-order valence-corrected chi connectivity index (χ4v) is 5.69. The Balaban J connectivity index is 1.49. The van der Waals surface area contributed by atoms with Gasteiger partial charge in [0.1, 0.15) is 23.9 Å². The summed E-state index contributed by atoms with van der Waals surface area (Å²) in [7, 11) is 0. The van der Waals surface area contributed by atoms with Gasteiger partial charge in [-0.3, -0.25) is 9.36 Å². The Morgan fingerprint density at radius 1 is 1.00 bits per heavy atom.